The normalized spacial score (nSPS) is 36.3. The second kappa shape index (κ2) is 4.50. The van der Waals surface area contributed by atoms with Crippen LogP contribution in [0, 0.1) is 23.2 Å². The van der Waals surface area contributed by atoms with Crippen LogP contribution in [0.1, 0.15) is 65.7 Å². The molecule has 0 aromatic rings. The van der Waals surface area contributed by atoms with Gasteiger partial charge in [0.25, 0.3) is 0 Å². The minimum absolute atomic E-state index is 0.284. The maximum atomic E-state index is 11.4. The number of hydrogen-bond donors (Lipinski definition) is 0. The molecule has 0 aliphatic heterocycles. The predicted molar refractivity (Wildman–Crippen MR) is 67.3 cm³/mol. The van der Waals surface area contributed by atoms with Gasteiger partial charge in [-0.15, -0.1) is 0 Å². The minimum atomic E-state index is 0.284. The Labute approximate surface area is 100.0 Å². The third-order valence-corrected chi connectivity index (χ3v) is 5.33. The first kappa shape index (κ1) is 12.1. The third-order valence-electron chi connectivity index (χ3n) is 5.33. The zero-order valence-corrected chi connectivity index (χ0v) is 11.1. The Morgan fingerprint density at radius 1 is 1.38 bits per heavy atom. The summed E-state index contributed by atoms with van der Waals surface area (Å²) in [6.45, 7) is 6.19. The van der Waals surface area contributed by atoms with Gasteiger partial charge in [0.2, 0.25) is 0 Å². The van der Waals surface area contributed by atoms with Crippen LogP contribution in [0.15, 0.2) is 0 Å². The summed E-state index contributed by atoms with van der Waals surface area (Å²) in [5.41, 5.74) is 0.556. The molecule has 0 spiro atoms. The molecular weight excluding hydrogens is 196 g/mol. The molecule has 92 valence electrons. The Morgan fingerprint density at radius 3 is 2.50 bits per heavy atom. The third kappa shape index (κ3) is 2.19. The molecule has 2 aliphatic rings. The lowest BCUT2D eigenvalue weighted by Gasteiger charge is -2.21. The van der Waals surface area contributed by atoms with E-state index in [0.29, 0.717) is 11.2 Å². The van der Waals surface area contributed by atoms with Gasteiger partial charge in [-0.3, -0.25) is 4.79 Å². The summed E-state index contributed by atoms with van der Waals surface area (Å²) in [6.07, 6.45) is 9.66. The zero-order valence-electron chi connectivity index (χ0n) is 11.1. The molecule has 0 bridgehead atoms. The number of rotatable bonds is 5. The largest absolute Gasteiger partial charge is 0.300 e. The lowest BCUT2D eigenvalue weighted by molar-refractivity contribution is -0.120. The fourth-order valence-corrected chi connectivity index (χ4v) is 3.94. The van der Waals surface area contributed by atoms with Crippen molar-refractivity contribution in [1.29, 1.82) is 0 Å². The average Bonchev–Trinajstić information content (AvgIpc) is 2.74. The Hall–Kier alpha value is -0.330. The van der Waals surface area contributed by atoms with Crippen LogP contribution in [0.4, 0.5) is 0 Å². The molecule has 1 heteroatoms. The van der Waals surface area contributed by atoms with Crippen molar-refractivity contribution in [3.8, 4) is 0 Å². The van der Waals surface area contributed by atoms with E-state index in [1.54, 1.807) is 6.92 Å². The van der Waals surface area contributed by atoms with Crippen LogP contribution in [0.5, 0.6) is 0 Å². The van der Waals surface area contributed by atoms with E-state index in [1.807, 2.05) is 0 Å². The fourth-order valence-electron chi connectivity index (χ4n) is 3.94. The molecule has 16 heavy (non-hydrogen) atoms. The summed E-state index contributed by atoms with van der Waals surface area (Å²) in [5.74, 6) is 2.62. The van der Waals surface area contributed by atoms with Crippen LogP contribution in [-0.2, 0) is 4.79 Å². The molecule has 0 amide bonds. The van der Waals surface area contributed by atoms with Gasteiger partial charge < -0.3 is 0 Å². The summed E-state index contributed by atoms with van der Waals surface area (Å²) in [5, 5.41) is 0. The van der Waals surface area contributed by atoms with E-state index in [9.17, 15) is 4.79 Å². The van der Waals surface area contributed by atoms with Gasteiger partial charge in [0.15, 0.2) is 0 Å². The molecule has 0 aromatic carbocycles. The minimum Gasteiger partial charge on any atom is -0.300 e. The maximum Gasteiger partial charge on any atom is 0.132 e. The van der Waals surface area contributed by atoms with Gasteiger partial charge in [-0.25, -0.2) is 0 Å². The Kier molecular flexibility index (Phi) is 3.42. The van der Waals surface area contributed by atoms with Gasteiger partial charge in [0.05, 0.1) is 0 Å². The second-order valence-electron chi connectivity index (χ2n) is 6.29. The van der Waals surface area contributed by atoms with Crippen LogP contribution in [0.25, 0.3) is 0 Å². The highest BCUT2D eigenvalue weighted by Gasteiger charge is 2.56. The standard InChI is InChI=1S/C15H26O/c1-4-15(9-11(2)12(3)16)10-14(15)13-7-5-6-8-13/h11,13-14H,4-10H2,1-3H3/t11?,14-,15?/m1/s1. The SMILES string of the molecule is CCC1(CC(C)C(C)=O)C[C@@H]1C1CCCC1. The first-order chi connectivity index (χ1) is 7.59. The van der Waals surface area contributed by atoms with Crippen molar-refractivity contribution in [3.05, 3.63) is 0 Å². The molecule has 2 unspecified atom stereocenters. The smallest absolute Gasteiger partial charge is 0.132 e. The number of ketones is 1. The number of carbonyl (C=O) groups excluding carboxylic acids is 1. The number of carbonyl (C=O) groups is 1. The van der Waals surface area contributed by atoms with Crippen LogP contribution < -0.4 is 0 Å². The maximum absolute atomic E-state index is 11.4. The fraction of sp³-hybridized carbons (Fsp3) is 0.933. The molecule has 0 N–H and O–H groups in total. The molecule has 0 saturated heterocycles. The van der Waals surface area contributed by atoms with Gasteiger partial charge in [-0.2, -0.15) is 0 Å². The first-order valence-corrected chi connectivity index (χ1v) is 7.09. The summed E-state index contributed by atoms with van der Waals surface area (Å²) in [7, 11) is 0. The van der Waals surface area contributed by atoms with Crippen molar-refractivity contribution in [1.82, 2.24) is 0 Å². The molecular formula is C15H26O. The molecule has 0 heterocycles. The summed E-state index contributed by atoms with van der Waals surface area (Å²) < 4.78 is 0. The van der Waals surface area contributed by atoms with Gasteiger partial charge >= 0.3 is 0 Å². The van der Waals surface area contributed by atoms with E-state index in [4.69, 9.17) is 0 Å². The molecule has 3 atom stereocenters. The van der Waals surface area contributed by atoms with Gasteiger partial charge in [0.1, 0.15) is 5.78 Å². The molecule has 1 nitrogen and oxygen atoms in total. The lowest BCUT2D eigenvalue weighted by atomic mass is 9.83. The van der Waals surface area contributed by atoms with Crippen molar-refractivity contribution in [2.24, 2.45) is 23.2 Å². The van der Waals surface area contributed by atoms with E-state index < -0.39 is 0 Å². The Balaban J connectivity index is 1.93. The van der Waals surface area contributed by atoms with Gasteiger partial charge in [-0.05, 0) is 37.0 Å². The molecule has 0 aromatic heterocycles. The quantitative estimate of drug-likeness (QED) is 0.681. The highest BCUT2D eigenvalue weighted by atomic mass is 16.1. The first-order valence-electron chi connectivity index (χ1n) is 7.09. The van der Waals surface area contributed by atoms with Crippen LogP contribution >= 0.6 is 0 Å². The molecule has 2 fully saturated rings. The van der Waals surface area contributed by atoms with Crippen molar-refractivity contribution in [2.75, 3.05) is 0 Å². The molecule has 2 aliphatic carbocycles. The van der Waals surface area contributed by atoms with Crippen LogP contribution in [0.2, 0.25) is 0 Å². The number of Topliss-reactive ketones (excluding diaryl/α,β-unsaturated/α-hetero) is 1. The van der Waals surface area contributed by atoms with Crippen LogP contribution in [0.3, 0.4) is 0 Å². The average molecular weight is 222 g/mol. The summed E-state index contributed by atoms with van der Waals surface area (Å²) >= 11 is 0. The van der Waals surface area contributed by atoms with Crippen molar-refractivity contribution >= 4 is 5.78 Å². The Bertz CT molecular complexity index is 265. The van der Waals surface area contributed by atoms with Crippen LogP contribution in [-0.4, -0.2) is 5.78 Å². The summed E-state index contributed by atoms with van der Waals surface area (Å²) in [6, 6.07) is 0. The van der Waals surface area contributed by atoms with Crippen molar-refractivity contribution in [2.45, 2.75) is 65.7 Å². The van der Waals surface area contributed by atoms with Gasteiger partial charge in [0, 0.05) is 5.92 Å². The lowest BCUT2D eigenvalue weighted by Crippen LogP contribution is -2.16. The van der Waals surface area contributed by atoms with E-state index in [1.165, 1.54) is 38.5 Å². The Morgan fingerprint density at radius 2 is 2.00 bits per heavy atom. The number of hydrogen-bond acceptors (Lipinski definition) is 1. The topological polar surface area (TPSA) is 17.1 Å². The molecule has 2 rings (SSSR count). The molecule has 0 radical (unpaired) electrons. The highest BCUT2D eigenvalue weighted by molar-refractivity contribution is 5.77. The highest BCUT2D eigenvalue weighted by Crippen LogP contribution is 2.64. The van der Waals surface area contributed by atoms with E-state index in [-0.39, 0.29) is 5.92 Å². The monoisotopic (exact) mass is 222 g/mol. The van der Waals surface area contributed by atoms with E-state index >= 15 is 0 Å². The van der Waals surface area contributed by atoms with Crippen molar-refractivity contribution < 1.29 is 4.79 Å². The van der Waals surface area contributed by atoms with E-state index in [0.717, 1.165) is 18.3 Å². The zero-order chi connectivity index (χ0) is 11.8. The van der Waals surface area contributed by atoms with E-state index in [2.05, 4.69) is 13.8 Å². The van der Waals surface area contributed by atoms with Gasteiger partial charge in [-0.1, -0.05) is 46.0 Å². The summed E-state index contributed by atoms with van der Waals surface area (Å²) in [4.78, 5) is 11.4. The second-order valence-corrected chi connectivity index (χ2v) is 6.29. The van der Waals surface area contributed by atoms with Crippen molar-refractivity contribution in [3.63, 3.8) is 0 Å². The predicted octanol–water partition coefficient (Wildman–Crippen LogP) is 4.21. The molecule has 2 saturated carbocycles.